The predicted octanol–water partition coefficient (Wildman–Crippen LogP) is 0.166. The second-order valence-corrected chi connectivity index (χ2v) is 8.65. The van der Waals surface area contributed by atoms with Gasteiger partial charge in [0.25, 0.3) is 0 Å². The first-order valence-corrected chi connectivity index (χ1v) is 10.6. The van der Waals surface area contributed by atoms with Crippen molar-refractivity contribution in [3.63, 3.8) is 0 Å². The number of esters is 1. The molecule has 25 heavy (non-hydrogen) atoms. The number of carbonyl (C=O) groups excluding carboxylic acids is 1. The zero-order chi connectivity index (χ0) is 18.3. The molecule has 0 aromatic rings. The summed E-state index contributed by atoms with van der Waals surface area (Å²) in [4.78, 5) is 17.8. The summed E-state index contributed by atoms with van der Waals surface area (Å²) in [5.41, 5.74) is 0. The molecule has 0 radical (unpaired) electrons. The third kappa shape index (κ3) is 6.14. The number of nitrogens with one attached hydrogen (secondary N) is 2. The molecule has 1 saturated carbocycles. The summed E-state index contributed by atoms with van der Waals surface area (Å²) in [6.45, 7) is 2.26. The number of methoxy groups -OCH3 is 1. The van der Waals surface area contributed by atoms with Crippen molar-refractivity contribution in [1.29, 1.82) is 0 Å². The summed E-state index contributed by atoms with van der Waals surface area (Å²) in [6, 6.07) is 0. The number of guanidine groups is 1. The Labute approximate surface area is 150 Å². The molecule has 9 heteroatoms. The highest BCUT2D eigenvalue weighted by molar-refractivity contribution is 7.89. The zero-order valence-electron chi connectivity index (χ0n) is 15.2. The van der Waals surface area contributed by atoms with E-state index >= 15 is 0 Å². The van der Waals surface area contributed by atoms with E-state index < -0.39 is 10.0 Å². The molecule has 1 saturated heterocycles. The second-order valence-electron chi connectivity index (χ2n) is 6.72. The standard InChI is InChI=1S/C16H30N4O4S/c1-17-16(20-9-6-14(7-10-20)15(21)24-2)18-8-11-25(22,23)19-12-13-4-3-5-13/h13-14,19H,3-12H2,1-2H3,(H,17,18). The molecule has 0 amide bonds. The SMILES string of the molecule is CN=C(NCCS(=O)(=O)NCC1CCC1)N1CCC(C(=O)OC)CC1. The minimum atomic E-state index is -3.26. The molecular weight excluding hydrogens is 344 g/mol. The molecule has 2 rings (SSSR count). The van der Waals surface area contributed by atoms with Gasteiger partial charge in [-0.05, 0) is 31.6 Å². The first-order chi connectivity index (χ1) is 11.9. The number of hydrogen-bond donors (Lipinski definition) is 2. The number of piperidine rings is 1. The molecule has 1 aliphatic carbocycles. The van der Waals surface area contributed by atoms with Crippen molar-refractivity contribution in [2.24, 2.45) is 16.8 Å². The van der Waals surface area contributed by atoms with Crippen LogP contribution in [0.3, 0.4) is 0 Å². The van der Waals surface area contributed by atoms with Gasteiger partial charge in [-0.1, -0.05) is 6.42 Å². The van der Waals surface area contributed by atoms with Crippen molar-refractivity contribution in [2.45, 2.75) is 32.1 Å². The summed E-state index contributed by atoms with van der Waals surface area (Å²) in [6.07, 6.45) is 4.88. The van der Waals surface area contributed by atoms with Crippen LogP contribution in [0.1, 0.15) is 32.1 Å². The van der Waals surface area contributed by atoms with Gasteiger partial charge >= 0.3 is 5.97 Å². The smallest absolute Gasteiger partial charge is 0.308 e. The molecule has 0 aromatic carbocycles. The van der Waals surface area contributed by atoms with Crippen LogP contribution in [0.15, 0.2) is 4.99 Å². The number of sulfonamides is 1. The van der Waals surface area contributed by atoms with Crippen LogP contribution in [-0.2, 0) is 19.6 Å². The highest BCUT2D eigenvalue weighted by Gasteiger charge is 2.27. The number of aliphatic imine (C=N–C) groups is 1. The van der Waals surface area contributed by atoms with Gasteiger partial charge in [-0.15, -0.1) is 0 Å². The average Bonchev–Trinajstić information content (AvgIpc) is 2.56. The van der Waals surface area contributed by atoms with Crippen LogP contribution in [-0.4, -0.2) is 71.3 Å². The molecule has 0 unspecified atom stereocenters. The van der Waals surface area contributed by atoms with Crippen LogP contribution < -0.4 is 10.0 Å². The van der Waals surface area contributed by atoms with Gasteiger partial charge in [0.2, 0.25) is 10.0 Å². The van der Waals surface area contributed by atoms with E-state index in [0.29, 0.717) is 50.9 Å². The maximum Gasteiger partial charge on any atom is 0.308 e. The summed E-state index contributed by atoms with van der Waals surface area (Å²) in [5.74, 6) is 0.989. The lowest BCUT2D eigenvalue weighted by molar-refractivity contribution is -0.146. The van der Waals surface area contributed by atoms with E-state index in [9.17, 15) is 13.2 Å². The van der Waals surface area contributed by atoms with Gasteiger partial charge in [0.05, 0.1) is 18.8 Å². The molecule has 0 aromatic heterocycles. The van der Waals surface area contributed by atoms with Crippen molar-refractivity contribution in [3.8, 4) is 0 Å². The number of carbonyl (C=O) groups is 1. The van der Waals surface area contributed by atoms with Gasteiger partial charge in [0.1, 0.15) is 0 Å². The summed E-state index contributed by atoms with van der Waals surface area (Å²) < 4.78 is 31.5. The largest absolute Gasteiger partial charge is 0.469 e. The Kier molecular flexibility index (Phi) is 7.49. The fraction of sp³-hybridized carbons (Fsp3) is 0.875. The van der Waals surface area contributed by atoms with Crippen molar-refractivity contribution in [2.75, 3.05) is 46.1 Å². The minimum Gasteiger partial charge on any atom is -0.469 e. The Balaban J connectivity index is 1.70. The Morgan fingerprint density at radius 3 is 2.44 bits per heavy atom. The topological polar surface area (TPSA) is 100 Å². The molecule has 2 fully saturated rings. The monoisotopic (exact) mass is 374 g/mol. The third-order valence-corrected chi connectivity index (χ3v) is 6.36. The van der Waals surface area contributed by atoms with Crippen molar-refractivity contribution < 1.29 is 17.9 Å². The van der Waals surface area contributed by atoms with E-state index in [2.05, 4.69) is 15.0 Å². The molecule has 0 spiro atoms. The van der Waals surface area contributed by atoms with E-state index in [-0.39, 0.29) is 17.6 Å². The maximum atomic E-state index is 12.0. The number of rotatable bonds is 7. The molecule has 0 bridgehead atoms. The molecule has 8 nitrogen and oxygen atoms in total. The summed E-state index contributed by atoms with van der Waals surface area (Å²) >= 11 is 0. The van der Waals surface area contributed by atoms with Gasteiger partial charge in [-0.2, -0.15) is 0 Å². The number of nitrogens with zero attached hydrogens (tertiary/aromatic N) is 2. The highest BCUT2D eigenvalue weighted by Crippen LogP contribution is 2.25. The van der Waals surface area contributed by atoms with Crippen molar-refractivity contribution >= 4 is 22.0 Å². The third-order valence-electron chi connectivity index (χ3n) is 5.01. The molecular formula is C16H30N4O4S. The molecule has 2 N–H and O–H groups in total. The molecule has 0 atom stereocenters. The average molecular weight is 375 g/mol. The van der Waals surface area contributed by atoms with Crippen LogP contribution in [0.25, 0.3) is 0 Å². The van der Waals surface area contributed by atoms with Crippen LogP contribution in [0.2, 0.25) is 0 Å². The Bertz CT molecular complexity index is 567. The summed E-state index contributed by atoms with van der Waals surface area (Å²) in [5, 5.41) is 3.11. The molecule has 2 aliphatic rings. The lowest BCUT2D eigenvalue weighted by Gasteiger charge is -2.33. The normalized spacial score (nSPS) is 20.2. The van der Waals surface area contributed by atoms with Gasteiger partial charge in [0.15, 0.2) is 5.96 Å². The Hall–Kier alpha value is -1.35. The minimum absolute atomic E-state index is 0.0252. The van der Waals surface area contributed by atoms with Gasteiger partial charge in [-0.25, -0.2) is 13.1 Å². The zero-order valence-corrected chi connectivity index (χ0v) is 16.0. The number of ether oxygens (including phenoxy) is 1. The predicted molar refractivity (Wildman–Crippen MR) is 96.8 cm³/mol. The molecule has 1 aliphatic heterocycles. The maximum absolute atomic E-state index is 12.0. The fourth-order valence-electron chi connectivity index (χ4n) is 3.14. The number of likely N-dealkylation sites (tertiary alicyclic amines) is 1. The van der Waals surface area contributed by atoms with Gasteiger partial charge < -0.3 is 15.0 Å². The van der Waals surface area contributed by atoms with Crippen LogP contribution in [0, 0.1) is 11.8 Å². The fourth-order valence-corrected chi connectivity index (χ4v) is 4.14. The van der Waals surface area contributed by atoms with Crippen LogP contribution in [0.4, 0.5) is 0 Å². The summed E-state index contributed by atoms with van der Waals surface area (Å²) in [7, 11) is -0.168. The lowest BCUT2D eigenvalue weighted by atomic mass is 9.86. The molecule has 1 heterocycles. The van der Waals surface area contributed by atoms with Crippen molar-refractivity contribution in [3.05, 3.63) is 0 Å². The molecule has 144 valence electrons. The second kappa shape index (κ2) is 9.38. The van der Waals surface area contributed by atoms with E-state index in [1.165, 1.54) is 13.5 Å². The highest BCUT2D eigenvalue weighted by atomic mass is 32.2. The Morgan fingerprint density at radius 2 is 1.92 bits per heavy atom. The lowest BCUT2D eigenvalue weighted by Crippen LogP contribution is -2.48. The van der Waals surface area contributed by atoms with E-state index in [0.717, 1.165) is 12.8 Å². The van der Waals surface area contributed by atoms with Crippen molar-refractivity contribution in [1.82, 2.24) is 14.9 Å². The first-order valence-electron chi connectivity index (χ1n) is 8.96. The van der Waals surface area contributed by atoms with E-state index in [1.807, 2.05) is 4.90 Å². The van der Waals surface area contributed by atoms with Crippen LogP contribution in [0.5, 0.6) is 0 Å². The Morgan fingerprint density at radius 1 is 1.24 bits per heavy atom. The first kappa shape index (κ1) is 20.0. The van der Waals surface area contributed by atoms with E-state index in [1.54, 1.807) is 7.05 Å². The van der Waals surface area contributed by atoms with E-state index in [4.69, 9.17) is 4.74 Å². The van der Waals surface area contributed by atoms with Gasteiger partial charge in [0, 0.05) is 33.2 Å². The van der Waals surface area contributed by atoms with Crippen LogP contribution >= 0.6 is 0 Å². The van der Waals surface area contributed by atoms with Gasteiger partial charge in [-0.3, -0.25) is 9.79 Å². The quantitative estimate of drug-likeness (QED) is 0.374. The number of hydrogen-bond acceptors (Lipinski definition) is 5.